The maximum absolute atomic E-state index is 12.1. The van der Waals surface area contributed by atoms with Crippen molar-refractivity contribution in [2.24, 2.45) is 0 Å². The Morgan fingerprint density at radius 3 is 2.58 bits per heavy atom. The lowest BCUT2D eigenvalue weighted by Gasteiger charge is -2.12. The third kappa shape index (κ3) is 4.28. The van der Waals surface area contributed by atoms with Crippen LogP contribution in [0.1, 0.15) is 33.4 Å². The molecule has 0 aliphatic carbocycles. The Kier molecular flexibility index (Phi) is 5.30. The summed E-state index contributed by atoms with van der Waals surface area (Å²) >= 11 is 0. The van der Waals surface area contributed by atoms with Crippen molar-refractivity contribution < 1.29 is 14.1 Å². The van der Waals surface area contributed by atoms with E-state index >= 15 is 0 Å². The zero-order valence-corrected chi connectivity index (χ0v) is 14.2. The van der Waals surface area contributed by atoms with E-state index in [1.807, 2.05) is 30.3 Å². The maximum Gasteiger partial charge on any atom is 0.291 e. The van der Waals surface area contributed by atoms with Crippen LogP contribution >= 0.6 is 0 Å². The Labute approximate surface area is 151 Å². The molecule has 1 atom stereocenters. The molecule has 26 heavy (non-hydrogen) atoms. The molecular formula is C20H17N3O3. The first-order valence-corrected chi connectivity index (χ1v) is 8.06. The van der Waals surface area contributed by atoms with Gasteiger partial charge in [0.05, 0.1) is 11.8 Å². The number of nitriles is 1. The van der Waals surface area contributed by atoms with Gasteiger partial charge in [0.25, 0.3) is 5.91 Å². The van der Waals surface area contributed by atoms with Gasteiger partial charge in [0.1, 0.15) is 18.4 Å². The van der Waals surface area contributed by atoms with Gasteiger partial charge in [-0.3, -0.25) is 4.79 Å². The van der Waals surface area contributed by atoms with E-state index in [0.29, 0.717) is 23.6 Å². The molecule has 0 aliphatic rings. The average molecular weight is 347 g/mol. The molecule has 130 valence electrons. The lowest BCUT2D eigenvalue weighted by atomic mass is 10.1. The number of amides is 1. The Morgan fingerprint density at radius 2 is 1.96 bits per heavy atom. The number of hydrogen-bond acceptors (Lipinski definition) is 5. The molecule has 0 fully saturated rings. The molecule has 1 heterocycles. The largest absolute Gasteiger partial charge is 0.489 e. The van der Waals surface area contributed by atoms with Gasteiger partial charge in [0.2, 0.25) is 5.76 Å². The quantitative estimate of drug-likeness (QED) is 0.736. The lowest BCUT2D eigenvalue weighted by molar-refractivity contribution is 0.0908. The van der Waals surface area contributed by atoms with Crippen molar-refractivity contribution in [3.63, 3.8) is 0 Å². The highest BCUT2D eigenvalue weighted by atomic mass is 16.5. The molecule has 3 aromatic rings. The topological polar surface area (TPSA) is 88.2 Å². The van der Waals surface area contributed by atoms with Gasteiger partial charge >= 0.3 is 0 Å². The molecule has 0 radical (unpaired) electrons. The van der Waals surface area contributed by atoms with Crippen LogP contribution in [0.3, 0.4) is 0 Å². The second kappa shape index (κ2) is 7.99. The number of nitrogens with zero attached hydrogens (tertiary/aromatic N) is 2. The minimum absolute atomic E-state index is 0.0746. The van der Waals surface area contributed by atoms with Crippen LogP contribution in [0.4, 0.5) is 0 Å². The predicted molar refractivity (Wildman–Crippen MR) is 94.3 cm³/mol. The zero-order chi connectivity index (χ0) is 18.4. The first-order valence-electron chi connectivity index (χ1n) is 8.06. The van der Waals surface area contributed by atoms with Gasteiger partial charge in [-0.2, -0.15) is 5.26 Å². The van der Waals surface area contributed by atoms with Crippen molar-refractivity contribution in [2.75, 3.05) is 0 Å². The Bertz CT molecular complexity index is 911. The van der Waals surface area contributed by atoms with Gasteiger partial charge in [-0.25, -0.2) is 0 Å². The van der Waals surface area contributed by atoms with Gasteiger partial charge in [-0.1, -0.05) is 47.6 Å². The van der Waals surface area contributed by atoms with Gasteiger partial charge in [-0.05, 0) is 30.2 Å². The summed E-state index contributed by atoms with van der Waals surface area (Å²) in [6, 6.07) is 19.7. The summed E-state index contributed by atoms with van der Waals surface area (Å²) in [5.41, 5.74) is 2.33. The van der Waals surface area contributed by atoms with E-state index in [1.165, 1.54) is 6.07 Å². The first kappa shape index (κ1) is 17.2. The van der Waals surface area contributed by atoms with Gasteiger partial charge in [0, 0.05) is 6.07 Å². The summed E-state index contributed by atoms with van der Waals surface area (Å²) in [5.74, 6) is 0.276. The van der Waals surface area contributed by atoms with Crippen LogP contribution in [0.2, 0.25) is 0 Å². The molecular weight excluding hydrogens is 330 g/mol. The summed E-state index contributed by atoms with van der Waals surface area (Å²) in [4.78, 5) is 12.1. The van der Waals surface area contributed by atoms with Crippen molar-refractivity contribution in [2.45, 2.75) is 19.6 Å². The summed E-state index contributed by atoms with van der Waals surface area (Å²) < 4.78 is 10.6. The summed E-state index contributed by atoms with van der Waals surface area (Å²) in [5, 5.41) is 15.6. The number of ether oxygens (including phenoxy) is 1. The van der Waals surface area contributed by atoms with Crippen molar-refractivity contribution in [1.82, 2.24) is 10.5 Å². The number of carbonyl (C=O) groups excluding carboxylic acids is 1. The fourth-order valence-electron chi connectivity index (χ4n) is 2.36. The van der Waals surface area contributed by atoms with E-state index in [0.717, 1.165) is 5.56 Å². The van der Waals surface area contributed by atoms with Gasteiger partial charge < -0.3 is 14.6 Å². The summed E-state index contributed by atoms with van der Waals surface area (Å²) in [6.07, 6.45) is 0. The fraction of sp³-hybridized carbons (Fsp3) is 0.150. The van der Waals surface area contributed by atoms with E-state index in [9.17, 15) is 10.1 Å². The van der Waals surface area contributed by atoms with Crippen LogP contribution in [0.25, 0.3) is 0 Å². The Balaban J connectivity index is 1.62. The number of benzene rings is 2. The van der Waals surface area contributed by atoms with Crippen LogP contribution in [0.15, 0.2) is 65.2 Å². The van der Waals surface area contributed by atoms with E-state index in [-0.39, 0.29) is 5.76 Å². The van der Waals surface area contributed by atoms with Crippen molar-refractivity contribution in [1.29, 1.82) is 5.26 Å². The lowest BCUT2D eigenvalue weighted by Crippen LogP contribution is -2.27. The van der Waals surface area contributed by atoms with Crippen molar-refractivity contribution in [3.8, 4) is 11.8 Å². The number of aryl methyl sites for hydroxylation is 1. The minimum atomic E-state index is -0.795. The molecule has 1 aromatic heterocycles. The molecule has 0 saturated heterocycles. The maximum atomic E-state index is 12.1. The SMILES string of the molecule is Cc1cc(C(=O)N[C@H](C#N)c2ccc(OCc3ccccc3)cc2)on1. The van der Waals surface area contributed by atoms with Crippen molar-refractivity contribution in [3.05, 3.63) is 83.2 Å². The van der Waals surface area contributed by atoms with Crippen LogP contribution < -0.4 is 10.1 Å². The molecule has 1 amide bonds. The number of aromatic nitrogens is 1. The van der Waals surface area contributed by atoms with Gasteiger partial charge in [-0.15, -0.1) is 0 Å². The molecule has 0 unspecified atom stereocenters. The highest BCUT2D eigenvalue weighted by molar-refractivity contribution is 5.91. The third-order valence-corrected chi connectivity index (χ3v) is 3.72. The number of hydrogen-bond donors (Lipinski definition) is 1. The van der Waals surface area contributed by atoms with Gasteiger partial charge in [0.15, 0.2) is 0 Å². The molecule has 6 heteroatoms. The molecule has 0 aliphatic heterocycles. The number of carbonyl (C=O) groups is 1. The zero-order valence-electron chi connectivity index (χ0n) is 14.2. The van der Waals surface area contributed by atoms with Crippen LogP contribution in [-0.2, 0) is 6.61 Å². The molecule has 0 spiro atoms. The highest BCUT2D eigenvalue weighted by Gasteiger charge is 2.18. The number of rotatable bonds is 6. The standard InChI is InChI=1S/C20H17N3O3/c1-14-11-19(26-23-14)20(24)22-18(12-21)16-7-9-17(10-8-16)25-13-15-5-3-2-4-6-15/h2-11,18H,13H2,1H3,(H,22,24)/t18-/m1/s1. The molecule has 6 nitrogen and oxygen atoms in total. The van der Waals surface area contributed by atoms with E-state index in [4.69, 9.17) is 9.26 Å². The summed E-state index contributed by atoms with van der Waals surface area (Å²) in [7, 11) is 0. The normalized spacial score (nSPS) is 11.4. The smallest absolute Gasteiger partial charge is 0.291 e. The molecule has 1 N–H and O–H groups in total. The highest BCUT2D eigenvalue weighted by Crippen LogP contribution is 2.19. The second-order valence-electron chi connectivity index (χ2n) is 5.71. The Hall–Kier alpha value is -3.59. The van der Waals surface area contributed by atoms with Crippen molar-refractivity contribution >= 4 is 5.91 Å². The van der Waals surface area contributed by atoms with E-state index in [1.54, 1.807) is 31.2 Å². The van der Waals surface area contributed by atoms with E-state index < -0.39 is 11.9 Å². The van der Waals surface area contributed by atoms with Crippen LogP contribution in [-0.4, -0.2) is 11.1 Å². The second-order valence-corrected chi connectivity index (χ2v) is 5.71. The Morgan fingerprint density at radius 1 is 1.23 bits per heavy atom. The monoisotopic (exact) mass is 347 g/mol. The predicted octanol–water partition coefficient (Wildman–Crippen LogP) is 3.56. The minimum Gasteiger partial charge on any atom is -0.489 e. The molecule has 0 bridgehead atoms. The number of nitrogens with one attached hydrogen (secondary N) is 1. The summed E-state index contributed by atoms with van der Waals surface area (Å²) in [6.45, 7) is 2.18. The van der Waals surface area contributed by atoms with Crippen LogP contribution in [0.5, 0.6) is 5.75 Å². The average Bonchev–Trinajstić information content (AvgIpc) is 3.12. The third-order valence-electron chi connectivity index (χ3n) is 3.72. The molecule has 0 saturated carbocycles. The molecule has 3 rings (SSSR count). The molecule has 2 aromatic carbocycles. The first-order chi connectivity index (χ1) is 12.7. The van der Waals surface area contributed by atoms with Crippen LogP contribution in [0, 0.1) is 18.3 Å². The van der Waals surface area contributed by atoms with E-state index in [2.05, 4.69) is 16.5 Å². The fourth-order valence-corrected chi connectivity index (χ4v) is 2.36.